The van der Waals surface area contributed by atoms with Gasteiger partial charge in [-0.15, -0.1) is 0 Å². The third-order valence-corrected chi connectivity index (χ3v) is 5.53. The number of esters is 1. The van der Waals surface area contributed by atoms with E-state index in [1.165, 1.54) is 0 Å². The van der Waals surface area contributed by atoms with Crippen LogP contribution >= 0.6 is 0 Å². The number of carbonyl (C=O) groups is 2. The molecule has 0 fully saturated rings. The van der Waals surface area contributed by atoms with Crippen molar-refractivity contribution >= 4 is 17.8 Å². The van der Waals surface area contributed by atoms with Gasteiger partial charge >= 0.3 is 5.97 Å². The van der Waals surface area contributed by atoms with E-state index < -0.39 is 5.97 Å². The van der Waals surface area contributed by atoms with Gasteiger partial charge in [-0.05, 0) is 65.4 Å². The molecule has 0 amide bonds. The standard InChI is InChI=1S/C28H26O5/c1-17-13-22(32-27(30)19-9-11-20(12-10-19)28(2,3)4)16-23-25(17)26(29)24(33-23)15-18-7-6-8-21(14-18)31-5/h6-16H,1-5H3/b24-15-. The molecule has 5 nitrogen and oxygen atoms in total. The lowest BCUT2D eigenvalue weighted by molar-refractivity contribution is 0.0734. The molecule has 1 heterocycles. The summed E-state index contributed by atoms with van der Waals surface area (Å²) in [5.74, 6) is 0.926. The number of allylic oxidation sites excluding steroid dienone is 1. The number of ether oxygens (including phenoxy) is 3. The Morgan fingerprint density at radius 1 is 0.970 bits per heavy atom. The topological polar surface area (TPSA) is 61.8 Å². The van der Waals surface area contributed by atoms with Crippen molar-refractivity contribution in [3.05, 3.63) is 94.2 Å². The Kier molecular flexibility index (Phi) is 5.81. The highest BCUT2D eigenvalue weighted by molar-refractivity contribution is 6.15. The zero-order valence-electron chi connectivity index (χ0n) is 19.4. The van der Waals surface area contributed by atoms with Crippen LogP contribution in [0.3, 0.4) is 0 Å². The molecule has 3 aromatic carbocycles. The summed E-state index contributed by atoms with van der Waals surface area (Å²) in [6, 6.07) is 18.0. The number of benzene rings is 3. The van der Waals surface area contributed by atoms with Crippen LogP contribution in [0.1, 0.15) is 58.2 Å². The van der Waals surface area contributed by atoms with E-state index in [2.05, 4.69) is 20.8 Å². The lowest BCUT2D eigenvalue weighted by atomic mass is 9.87. The minimum atomic E-state index is -0.466. The molecule has 0 spiro atoms. The fourth-order valence-corrected chi connectivity index (χ4v) is 3.69. The first-order chi connectivity index (χ1) is 15.7. The SMILES string of the molecule is COc1cccc(/C=C2\Oc3cc(OC(=O)c4ccc(C(C)(C)C)cc4)cc(C)c3C2=O)c1. The zero-order chi connectivity index (χ0) is 23.8. The first-order valence-corrected chi connectivity index (χ1v) is 10.7. The Labute approximate surface area is 193 Å². The van der Waals surface area contributed by atoms with Crippen molar-refractivity contribution in [2.24, 2.45) is 0 Å². The summed E-state index contributed by atoms with van der Waals surface area (Å²) in [6.07, 6.45) is 1.67. The summed E-state index contributed by atoms with van der Waals surface area (Å²) < 4.78 is 16.7. The quantitative estimate of drug-likeness (QED) is 0.276. The first-order valence-electron chi connectivity index (χ1n) is 10.7. The van der Waals surface area contributed by atoms with Crippen LogP contribution in [0, 0.1) is 6.92 Å². The largest absolute Gasteiger partial charge is 0.497 e. The number of carbonyl (C=O) groups excluding carboxylic acids is 2. The van der Waals surface area contributed by atoms with Crippen LogP contribution in [0.5, 0.6) is 17.2 Å². The second-order valence-corrected chi connectivity index (χ2v) is 9.05. The van der Waals surface area contributed by atoms with Gasteiger partial charge in [0.1, 0.15) is 17.2 Å². The lowest BCUT2D eigenvalue weighted by Crippen LogP contribution is -2.13. The van der Waals surface area contributed by atoms with Gasteiger partial charge in [0.05, 0.1) is 18.2 Å². The molecule has 0 N–H and O–H groups in total. The van der Waals surface area contributed by atoms with Crippen LogP contribution in [0.4, 0.5) is 0 Å². The van der Waals surface area contributed by atoms with Gasteiger partial charge in [-0.1, -0.05) is 45.0 Å². The first kappa shape index (κ1) is 22.3. The number of hydrogen-bond donors (Lipinski definition) is 0. The van der Waals surface area contributed by atoms with Gasteiger partial charge in [0.2, 0.25) is 5.78 Å². The van der Waals surface area contributed by atoms with Gasteiger partial charge in [-0.25, -0.2) is 4.79 Å². The van der Waals surface area contributed by atoms with Crippen LogP contribution in [-0.4, -0.2) is 18.9 Å². The number of methoxy groups -OCH3 is 1. The molecule has 4 rings (SSSR count). The molecule has 5 heteroatoms. The van der Waals surface area contributed by atoms with E-state index in [4.69, 9.17) is 14.2 Å². The zero-order valence-corrected chi connectivity index (χ0v) is 19.4. The molecule has 0 bridgehead atoms. The van der Waals surface area contributed by atoms with Crippen molar-refractivity contribution in [2.45, 2.75) is 33.1 Å². The summed E-state index contributed by atoms with van der Waals surface area (Å²) >= 11 is 0. The van der Waals surface area contributed by atoms with Crippen LogP contribution < -0.4 is 14.2 Å². The maximum absolute atomic E-state index is 12.9. The Balaban J connectivity index is 1.56. The highest BCUT2D eigenvalue weighted by atomic mass is 16.5. The fraction of sp³-hybridized carbons (Fsp3) is 0.214. The predicted octanol–water partition coefficient (Wildman–Crippen LogP) is 6.14. The van der Waals surface area contributed by atoms with Crippen molar-refractivity contribution in [2.75, 3.05) is 7.11 Å². The maximum atomic E-state index is 12.9. The minimum Gasteiger partial charge on any atom is -0.497 e. The van der Waals surface area contributed by atoms with Crippen molar-refractivity contribution in [1.82, 2.24) is 0 Å². The van der Waals surface area contributed by atoms with Gasteiger partial charge in [-0.2, -0.15) is 0 Å². The molecule has 0 unspecified atom stereocenters. The van der Waals surface area contributed by atoms with Gasteiger partial charge in [0.25, 0.3) is 0 Å². The Morgan fingerprint density at radius 2 is 1.70 bits per heavy atom. The van der Waals surface area contributed by atoms with E-state index in [9.17, 15) is 9.59 Å². The lowest BCUT2D eigenvalue weighted by Gasteiger charge is -2.18. The second-order valence-electron chi connectivity index (χ2n) is 9.05. The van der Waals surface area contributed by atoms with Gasteiger partial charge < -0.3 is 14.2 Å². The molecular weight excluding hydrogens is 416 g/mol. The van der Waals surface area contributed by atoms with Crippen molar-refractivity contribution in [3.63, 3.8) is 0 Å². The second kappa shape index (κ2) is 8.58. The van der Waals surface area contributed by atoms with Gasteiger partial charge in [0.15, 0.2) is 5.76 Å². The third-order valence-electron chi connectivity index (χ3n) is 5.53. The summed E-state index contributed by atoms with van der Waals surface area (Å²) in [5, 5.41) is 0. The average Bonchev–Trinajstić information content (AvgIpc) is 3.08. The van der Waals surface area contributed by atoms with Crippen LogP contribution in [0.15, 0.2) is 66.4 Å². The molecule has 168 valence electrons. The van der Waals surface area contributed by atoms with Gasteiger partial charge in [-0.3, -0.25) is 4.79 Å². The van der Waals surface area contributed by atoms with E-state index in [-0.39, 0.29) is 17.0 Å². The molecule has 1 aliphatic heterocycles. The van der Waals surface area contributed by atoms with Crippen LogP contribution in [0.25, 0.3) is 6.08 Å². The Hall–Kier alpha value is -3.86. The molecule has 0 saturated carbocycles. The van der Waals surface area contributed by atoms with Gasteiger partial charge in [0, 0.05) is 6.07 Å². The molecule has 0 aromatic heterocycles. The van der Waals surface area contributed by atoms with E-state index in [1.54, 1.807) is 44.4 Å². The van der Waals surface area contributed by atoms with E-state index in [0.717, 1.165) is 11.1 Å². The number of hydrogen-bond acceptors (Lipinski definition) is 5. The molecule has 0 saturated heterocycles. The molecule has 0 radical (unpaired) electrons. The summed E-state index contributed by atoms with van der Waals surface area (Å²) in [7, 11) is 1.59. The summed E-state index contributed by atoms with van der Waals surface area (Å²) in [6.45, 7) is 8.15. The molecule has 0 aliphatic carbocycles. The molecule has 3 aromatic rings. The van der Waals surface area contributed by atoms with Crippen molar-refractivity contribution < 1.29 is 23.8 Å². The van der Waals surface area contributed by atoms with E-state index in [1.807, 2.05) is 36.4 Å². The van der Waals surface area contributed by atoms with Crippen molar-refractivity contribution in [1.29, 1.82) is 0 Å². The third kappa shape index (κ3) is 4.67. The number of ketones is 1. The molecule has 0 atom stereocenters. The molecular formula is C28H26O5. The minimum absolute atomic E-state index is 0.000482. The maximum Gasteiger partial charge on any atom is 0.343 e. The molecule has 1 aliphatic rings. The smallest absolute Gasteiger partial charge is 0.343 e. The average molecular weight is 443 g/mol. The van der Waals surface area contributed by atoms with E-state index >= 15 is 0 Å². The van der Waals surface area contributed by atoms with Crippen LogP contribution in [0.2, 0.25) is 0 Å². The highest BCUT2D eigenvalue weighted by Gasteiger charge is 2.30. The highest BCUT2D eigenvalue weighted by Crippen LogP contribution is 2.38. The number of aryl methyl sites for hydroxylation is 1. The number of Topliss-reactive ketones (excluding diaryl/α,β-unsaturated/α-hetero) is 1. The Morgan fingerprint density at radius 3 is 2.36 bits per heavy atom. The summed E-state index contributed by atoms with van der Waals surface area (Å²) in [5.41, 5.74) is 3.52. The van der Waals surface area contributed by atoms with E-state index in [0.29, 0.717) is 33.9 Å². The number of fused-ring (bicyclic) bond motifs is 1. The molecule has 33 heavy (non-hydrogen) atoms. The fourth-order valence-electron chi connectivity index (χ4n) is 3.69. The normalized spacial score (nSPS) is 14.1. The Bertz CT molecular complexity index is 1260. The van der Waals surface area contributed by atoms with Crippen LogP contribution in [-0.2, 0) is 5.41 Å². The number of rotatable bonds is 4. The van der Waals surface area contributed by atoms with Crippen molar-refractivity contribution in [3.8, 4) is 17.2 Å². The summed E-state index contributed by atoms with van der Waals surface area (Å²) in [4.78, 5) is 25.6. The predicted molar refractivity (Wildman–Crippen MR) is 127 cm³/mol. The monoisotopic (exact) mass is 442 g/mol.